The molecule has 0 aromatic carbocycles. The van der Waals surface area contributed by atoms with Crippen LogP contribution in [0.15, 0.2) is 42.0 Å². The van der Waals surface area contributed by atoms with Gasteiger partial charge in [0.15, 0.2) is 10.2 Å². The third kappa shape index (κ3) is 3.16. The van der Waals surface area contributed by atoms with Crippen LogP contribution >= 0.6 is 23.6 Å². The van der Waals surface area contributed by atoms with Gasteiger partial charge >= 0.3 is 0 Å². The van der Waals surface area contributed by atoms with Crippen LogP contribution in [0.5, 0.6) is 0 Å². The van der Waals surface area contributed by atoms with Gasteiger partial charge in [-0.15, -0.1) is 11.3 Å². The number of nitrogens with one attached hydrogen (secondary N) is 1. The standard InChI is InChI=1S/C22H25N5S2/c1-14-13-17(15(2)26(14)22-24-11-12-29-22)20-19(18-9-5-6-10-23-18)25-21(28)27(20)16-7-3-4-8-16/h5-6,9-13,16,19-20H,3-4,7-8H2,1-2H3,(H,25,28)/t19-,20-/m1/s1. The summed E-state index contributed by atoms with van der Waals surface area (Å²) in [6.45, 7) is 4.36. The minimum Gasteiger partial charge on any atom is -0.352 e. The van der Waals surface area contributed by atoms with Gasteiger partial charge in [0.25, 0.3) is 0 Å². The second kappa shape index (κ2) is 7.54. The van der Waals surface area contributed by atoms with Gasteiger partial charge < -0.3 is 10.2 Å². The Bertz CT molecular complexity index is 1010. The fourth-order valence-corrected chi connectivity index (χ4v) is 6.12. The smallest absolute Gasteiger partial charge is 0.193 e. The van der Waals surface area contributed by atoms with Crippen LogP contribution in [0.4, 0.5) is 0 Å². The lowest BCUT2D eigenvalue weighted by molar-refractivity contribution is 0.245. The van der Waals surface area contributed by atoms with Crippen LogP contribution in [0.1, 0.15) is 60.4 Å². The minimum absolute atomic E-state index is 0.0505. The van der Waals surface area contributed by atoms with Crippen molar-refractivity contribution in [3.05, 3.63) is 64.7 Å². The summed E-state index contributed by atoms with van der Waals surface area (Å²) in [7, 11) is 0. The monoisotopic (exact) mass is 423 g/mol. The van der Waals surface area contributed by atoms with E-state index >= 15 is 0 Å². The maximum Gasteiger partial charge on any atom is 0.193 e. The Morgan fingerprint density at radius 3 is 2.66 bits per heavy atom. The summed E-state index contributed by atoms with van der Waals surface area (Å²) in [5.41, 5.74) is 4.79. The van der Waals surface area contributed by atoms with Crippen molar-refractivity contribution in [3.63, 3.8) is 0 Å². The Hall–Kier alpha value is -2.25. The van der Waals surface area contributed by atoms with E-state index in [4.69, 9.17) is 12.2 Å². The van der Waals surface area contributed by atoms with Gasteiger partial charge in [-0.05, 0) is 62.7 Å². The van der Waals surface area contributed by atoms with Crippen molar-refractivity contribution in [2.75, 3.05) is 0 Å². The molecule has 2 atom stereocenters. The lowest BCUT2D eigenvalue weighted by Crippen LogP contribution is -2.37. The van der Waals surface area contributed by atoms with Crippen molar-refractivity contribution in [3.8, 4) is 5.13 Å². The number of nitrogens with zero attached hydrogens (tertiary/aromatic N) is 4. The molecule has 0 unspecified atom stereocenters. The van der Waals surface area contributed by atoms with E-state index in [1.165, 1.54) is 42.6 Å². The van der Waals surface area contributed by atoms with Gasteiger partial charge in [-0.3, -0.25) is 9.55 Å². The SMILES string of the molecule is Cc1cc([C@@H]2[C@@H](c3ccccn3)NC(=S)N2C2CCCC2)c(C)n1-c1nccs1. The maximum atomic E-state index is 5.86. The van der Waals surface area contributed by atoms with Crippen molar-refractivity contribution in [1.29, 1.82) is 0 Å². The number of aryl methyl sites for hydroxylation is 1. The van der Waals surface area contributed by atoms with Gasteiger partial charge in [-0.2, -0.15) is 0 Å². The first-order valence-electron chi connectivity index (χ1n) is 10.2. The predicted octanol–water partition coefficient (Wildman–Crippen LogP) is 4.86. The number of rotatable bonds is 4. The Labute approximate surface area is 180 Å². The number of hydrogen-bond acceptors (Lipinski definition) is 4. The van der Waals surface area contributed by atoms with E-state index in [1.807, 2.05) is 23.8 Å². The van der Waals surface area contributed by atoms with Gasteiger partial charge in [-0.1, -0.05) is 18.9 Å². The minimum atomic E-state index is 0.0505. The maximum absolute atomic E-state index is 5.86. The molecule has 1 N–H and O–H groups in total. The number of aromatic nitrogens is 3. The lowest BCUT2D eigenvalue weighted by atomic mass is 9.95. The van der Waals surface area contributed by atoms with Gasteiger partial charge in [0, 0.05) is 35.2 Å². The average Bonchev–Trinajstić information content (AvgIpc) is 3.50. The first-order valence-corrected chi connectivity index (χ1v) is 11.5. The lowest BCUT2D eigenvalue weighted by Gasteiger charge is -2.33. The van der Waals surface area contributed by atoms with Crippen LogP contribution in [0.2, 0.25) is 0 Å². The highest BCUT2D eigenvalue weighted by Gasteiger charge is 2.44. The third-order valence-electron chi connectivity index (χ3n) is 6.25. The molecule has 1 saturated heterocycles. The van der Waals surface area contributed by atoms with Gasteiger partial charge in [0.05, 0.1) is 17.8 Å². The van der Waals surface area contributed by atoms with E-state index in [0.29, 0.717) is 6.04 Å². The summed E-state index contributed by atoms with van der Waals surface area (Å²) in [5.74, 6) is 0. The quantitative estimate of drug-likeness (QED) is 0.607. The molecule has 29 heavy (non-hydrogen) atoms. The first-order chi connectivity index (χ1) is 14.1. The molecule has 4 heterocycles. The number of pyridine rings is 1. The highest BCUT2D eigenvalue weighted by Crippen LogP contribution is 2.44. The van der Waals surface area contributed by atoms with E-state index in [9.17, 15) is 0 Å². The summed E-state index contributed by atoms with van der Waals surface area (Å²) in [5, 5.41) is 7.51. The Morgan fingerprint density at radius 1 is 1.14 bits per heavy atom. The van der Waals surface area contributed by atoms with Gasteiger partial charge in [-0.25, -0.2) is 4.98 Å². The van der Waals surface area contributed by atoms with Crippen molar-refractivity contribution >= 4 is 28.7 Å². The fraction of sp³-hybridized carbons (Fsp3) is 0.409. The molecule has 0 bridgehead atoms. The average molecular weight is 424 g/mol. The first kappa shape index (κ1) is 18.8. The molecule has 3 aromatic rings. The van der Waals surface area contributed by atoms with Crippen LogP contribution in [0.3, 0.4) is 0 Å². The molecule has 0 spiro atoms. The van der Waals surface area contributed by atoms with Crippen LogP contribution in [0, 0.1) is 13.8 Å². The summed E-state index contributed by atoms with van der Waals surface area (Å²) in [4.78, 5) is 11.7. The van der Waals surface area contributed by atoms with Crippen molar-refractivity contribution in [2.24, 2.45) is 0 Å². The van der Waals surface area contributed by atoms with Crippen molar-refractivity contribution in [2.45, 2.75) is 57.7 Å². The normalized spacial score (nSPS) is 22.4. The molecule has 2 aliphatic rings. The highest BCUT2D eigenvalue weighted by atomic mass is 32.1. The van der Waals surface area contributed by atoms with E-state index < -0.39 is 0 Å². The van der Waals surface area contributed by atoms with Crippen molar-refractivity contribution < 1.29 is 0 Å². The molecule has 2 fully saturated rings. The molecule has 1 aliphatic carbocycles. The molecular formula is C22H25N5S2. The topological polar surface area (TPSA) is 46.0 Å². The Kier molecular flexibility index (Phi) is 4.87. The number of thiocarbonyl (C=S) groups is 1. The molecule has 150 valence electrons. The molecule has 1 saturated carbocycles. The summed E-state index contributed by atoms with van der Waals surface area (Å²) in [6.07, 6.45) is 8.71. The summed E-state index contributed by atoms with van der Waals surface area (Å²) in [6, 6.07) is 9.13. The van der Waals surface area contributed by atoms with Crippen LogP contribution in [-0.2, 0) is 0 Å². The molecule has 0 radical (unpaired) electrons. The predicted molar refractivity (Wildman–Crippen MR) is 120 cm³/mol. The number of hydrogen-bond donors (Lipinski definition) is 1. The molecular weight excluding hydrogens is 398 g/mol. The molecule has 7 heteroatoms. The summed E-state index contributed by atoms with van der Waals surface area (Å²) < 4.78 is 2.27. The third-order valence-corrected chi connectivity index (χ3v) is 7.34. The molecule has 5 rings (SSSR count). The summed E-state index contributed by atoms with van der Waals surface area (Å²) >= 11 is 7.53. The molecule has 3 aromatic heterocycles. The highest BCUT2D eigenvalue weighted by molar-refractivity contribution is 7.80. The van der Waals surface area contributed by atoms with E-state index in [1.54, 1.807) is 11.3 Å². The second-order valence-electron chi connectivity index (χ2n) is 7.95. The van der Waals surface area contributed by atoms with Gasteiger partial charge in [0.1, 0.15) is 0 Å². The Morgan fingerprint density at radius 2 is 1.97 bits per heavy atom. The zero-order valence-electron chi connectivity index (χ0n) is 16.7. The molecule has 5 nitrogen and oxygen atoms in total. The molecule has 1 aliphatic heterocycles. The van der Waals surface area contributed by atoms with Crippen LogP contribution in [0.25, 0.3) is 5.13 Å². The molecule has 0 amide bonds. The second-order valence-corrected chi connectivity index (χ2v) is 9.21. The number of thiazole rings is 1. The largest absolute Gasteiger partial charge is 0.352 e. The van der Waals surface area contributed by atoms with E-state index in [-0.39, 0.29) is 12.1 Å². The van der Waals surface area contributed by atoms with Crippen LogP contribution in [-0.4, -0.2) is 30.6 Å². The zero-order valence-corrected chi connectivity index (χ0v) is 18.3. The van der Waals surface area contributed by atoms with E-state index in [0.717, 1.165) is 15.9 Å². The van der Waals surface area contributed by atoms with Gasteiger partial charge in [0.2, 0.25) is 0 Å². The van der Waals surface area contributed by atoms with Crippen LogP contribution < -0.4 is 5.32 Å². The van der Waals surface area contributed by atoms with E-state index in [2.05, 4.69) is 56.8 Å². The Balaban J connectivity index is 1.64. The van der Waals surface area contributed by atoms with Crippen molar-refractivity contribution in [1.82, 2.24) is 24.8 Å². The zero-order chi connectivity index (χ0) is 20.0. The fourth-order valence-electron chi connectivity index (χ4n) is 4.98.